The van der Waals surface area contributed by atoms with E-state index in [1.807, 2.05) is 13.0 Å². The molecule has 3 nitrogen and oxygen atoms in total. The van der Waals surface area contributed by atoms with Gasteiger partial charge in [0.15, 0.2) is 0 Å². The van der Waals surface area contributed by atoms with Gasteiger partial charge in [-0.1, -0.05) is 48.0 Å². The van der Waals surface area contributed by atoms with Crippen molar-refractivity contribution < 1.29 is 12.8 Å². The van der Waals surface area contributed by atoms with Crippen LogP contribution in [0, 0.1) is 6.92 Å². The highest BCUT2D eigenvalue weighted by atomic mass is 32.2. The van der Waals surface area contributed by atoms with Crippen LogP contribution in [0.4, 0.5) is 4.39 Å². The first-order valence-electron chi connectivity index (χ1n) is 6.74. The van der Waals surface area contributed by atoms with E-state index in [2.05, 4.69) is 4.72 Å². The summed E-state index contributed by atoms with van der Waals surface area (Å²) >= 11 is 0. The van der Waals surface area contributed by atoms with E-state index in [0.717, 1.165) is 5.56 Å². The Bertz CT molecular complexity index is 669. The molecule has 21 heavy (non-hydrogen) atoms. The van der Waals surface area contributed by atoms with Gasteiger partial charge in [0.05, 0.1) is 4.90 Å². The maximum atomic E-state index is 13.9. The van der Waals surface area contributed by atoms with Crippen LogP contribution in [0.3, 0.4) is 0 Å². The summed E-state index contributed by atoms with van der Waals surface area (Å²) in [5.74, 6) is 0. The molecule has 2 rings (SSSR count). The first kappa shape index (κ1) is 15.7. The van der Waals surface area contributed by atoms with Crippen LogP contribution >= 0.6 is 0 Å². The van der Waals surface area contributed by atoms with Crippen molar-refractivity contribution in [2.45, 2.75) is 24.4 Å². The van der Waals surface area contributed by atoms with Crippen LogP contribution in [0.2, 0.25) is 0 Å². The second-order valence-corrected chi connectivity index (χ2v) is 6.64. The molecule has 0 aliphatic heterocycles. The number of hydrogen-bond acceptors (Lipinski definition) is 2. The molecule has 0 fully saturated rings. The smallest absolute Gasteiger partial charge is 0.240 e. The lowest BCUT2D eigenvalue weighted by atomic mass is 10.1. The molecular weight excluding hydrogens is 289 g/mol. The van der Waals surface area contributed by atoms with Gasteiger partial charge < -0.3 is 0 Å². The Kier molecular flexibility index (Phi) is 5.09. The van der Waals surface area contributed by atoms with E-state index in [-0.39, 0.29) is 17.9 Å². The van der Waals surface area contributed by atoms with Crippen molar-refractivity contribution >= 4 is 10.0 Å². The molecule has 0 amide bonds. The average Bonchev–Trinajstić information content (AvgIpc) is 2.48. The largest absolute Gasteiger partial charge is 0.242 e. The monoisotopic (exact) mass is 307 g/mol. The summed E-state index contributed by atoms with van der Waals surface area (Å²) < 4.78 is 40.4. The summed E-state index contributed by atoms with van der Waals surface area (Å²) in [5, 5.41) is 0. The highest BCUT2D eigenvalue weighted by Crippen LogP contribution is 2.20. The molecule has 2 aromatic carbocycles. The van der Waals surface area contributed by atoms with Gasteiger partial charge in [-0.15, -0.1) is 0 Å². The Balaban J connectivity index is 1.92. The van der Waals surface area contributed by atoms with Crippen molar-refractivity contribution in [3.8, 4) is 0 Å². The van der Waals surface area contributed by atoms with Crippen LogP contribution in [-0.4, -0.2) is 15.0 Å². The number of hydrogen-bond donors (Lipinski definition) is 1. The lowest BCUT2D eigenvalue weighted by Gasteiger charge is -2.10. The minimum Gasteiger partial charge on any atom is -0.242 e. The third-order valence-electron chi connectivity index (χ3n) is 3.18. The molecule has 5 heteroatoms. The topological polar surface area (TPSA) is 46.2 Å². The lowest BCUT2D eigenvalue weighted by Crippen LogP contribution is -2.25. The number of nitrogens with one attached hydrogen (secondary N) is 1. The summed E-state index contributed by atoms with van der Waals surface area (Å²) in [6, 6.07) is 15.3. The molecule has 2 aromatic rings. The Morgan fingerprint density at radius 3 is 2.29 bits per heavy atom. The summed E-state index contributed by atoms with van der Waals surface area (Å²) in [6.07, 6.45) is -1.07. The van der Waals surface area contributed by atoms with Crippen LogP contribution in [0.25, 0.3) is 0 Å². The average molecular weight is 307 g/mol. The van der Waals surface area contributed by atoms with Gasteiger partial charge in [-0.05, 0) is 31.0 Å². The zero-order valence-corrected chi connectivity index (χ0v) is 12.6. The van der Waals surface area contributed by atoms with Gasteiger partial charge in [0.1, 0.15) is 6.17 Å². The Labute approximate surface area is 124 Å². The minimum absolute atomic E-state index is 0.0618. The molecule has 0 aliphatic carbocycles. The number of benzene rings is 2. The third-order valence-corrected chi connectivity index (χ3v) is 4.66. The van der Waals surface area contributed by atoms with Crippen molar-refractivity contribution in [1.82, 2.24) is 4.72 Å². The van der Waals surface area contributed by atoms with Crippen LogP contribution < -0.4 is 4.72 Å². The molecular formula is C16H18FNO2S. The van der Waals surface area contributed by atoms with Gasteiger partial charge in [-0.3, -0.25) is 0 Å². The molecule has 1 unspecified atom stereocenters. The minimum atomic E-state index is -3.57. The summed E-state index contributed by atoms with van der Waals surface area (Å²) in [7, 11) is -3.57. The molecule has 0 radical (unpaired) electrons. The molecule has 1 N–H and O–H groups in total. The molecule has 0 aliphatic rings. The first-order valence-corrected chi connectivity index (χ1v) is 8.23. The van der Waals surface area contributed by atoms with Gasteiger partial charge in [0.2, 0.25) is 10.0 Å². The Morgan fingerprint density at radius 2 is 1.67 bits per heavy atom. The van der Waals surface area contributed by atoms with Crippen molar-refractivity contribution in [3.05, 3.63) is 65.7 Å². The number of rotatable bonds is 6. The Morgan fingerprint density at radius 1 is 1.05 bits per heavy atom. The van der Waals surface area contributed by atoms with E-state index in [4.69, 9.17) is 0 Å². The maximum absolute atomic E-state index is 13.9. The Hall–Kier alpha value is -1.72. The number of aryl methyl sites for hydroxylation is 1. The van der Waals surface area contributed by atoms with E-state index >= 15 is 0 Å². The summed E-state index contributed by atoms with van der Waals surface area (Å²) in [5.41, 5.74) is 1.55. The van der Waals surface area contributed by atoms with Gasteiger partial charge in [0, 0.05) is 6.54 Å². The number of sulfonamides is 1. The lowest BCUT2D eigenvalue weighted by molar-refractivity contribution is 0.324. The van der Waals surface area contributed by atoms with Crippen LogP contribution in [0.5, 0.6) is 0 Å². The second-order valence-electron chi connectivity index (χ2n) is 4.88. The summed E-state index contributed by atoms with van der Waals surface area (Å²) in [4.78, 5) is 0.197. The SMILES string of the molecule is Cc1ccc(S(=O)(=O)NCCC(F)c2ccccc2)cc1. The fraction of sp³-hybridized carbons (Fsp3) is 0.250. The molecule has 0 bridgehead atoms. The van der Waals surface area contributed by atoms with Crippen LogP contribution in [-0.2, 0) is 10.0 Å². The van der Waals surface area contributed by atoms with E-state index in [0.29, 0.717) is 5.56 Å². The van der Waals surface area contributed by atoms with Crippen LogP contribution in [0.15, 0.2) is 59.5 Å². The number of alkyl halides is 1. The molecule has 0 aromatic heterocycles. The van der Waals surface area contributed by atoms with E-state index in [9.17, 15) is 12.8 Å². The van der Waals surface area contributed by atoms with Crippen molar-refractivity contribution in [1.29, 1.82) is 0 Å². The molecule has 112 valence electrons. The number of halogens is 1. The highest BCUT2D eigenvalue weighted by Gasteiger charge is 2.15. The highest BCUT2D eigenvalue weighted by molar-refractivity contribution is 7.89. The molecule has 0 saturated carbocycles. The van der Waals surface area contributed by atoms with Crippen molar-refractivity contribution in [2.24, 2.45) is 0 Å². The predicted molar refractivity (Wildman–Crippen MR) is 81.3 cm³/mol. The van der Waals surface area contributed by atoms with Crippen molar-refractivity contribution in [2.75, 3.05) is 6.54 Å². The third kappa shape index (κ3) is 4.37. The standard InChI is InChI=1S/C16H18FNO2S/c1-13-7-9-15(10-8-13)21(19,20)18-12-11-16(17)14-5-3-2-4-6-14/h2-10,16,18H,11-12H2,1H3. The van der Waals surface area contributed by atoms with Gasteiger partial charge in [-0.25, -0.2) is 17.5 Å². The zero-order chi connectivity index (χ0) is 15.3. The second kappa shape index (κ2) is 6.83. The van der Waals surface area contributed by atoms with Crippen molar-refractivity contribution in [3.63, 3.8) is 0 Å². The van der Waals surface area contributed by atoms with E-state index in [1.54, 1.807) is 48.5 Å². The normalized spacial score (nSPS) is 13.0. The predicted octanol–water partition coefficient (Wildman–Crippen LogP) is 3.37. The summed E-state index contributed by atoms with van der Waals surface area (Å²) in [6.45, 7) is 1.95. The molecule has 0 spiro atoms. The fourth-order valence-corrected chi connectivity index (χ4v) is 3.00. The van der Waals surface area contributed by atoms with Gasteiger partial charge >= 0.3 is 0 Å². The van der Waals surface area contributed by atoms with Crippen LogP contribution in [0.1, 0.15) is 23.7 Å². The fourth-order valence-electron chi connectivity index (χ4n) is 1.95. The first-order chi connectivity index (χ1) is 9.99. The van der Waals surface area contributed by atoms with Gasteiger partial charge in [-0.2, -0.15) is 0 Å². The van der Waals surface area contributed by atoms with Gasteiger partial charge in [0.25, 0.3) is 0 Å². The van der Waals surface area contributed by atoms with E-state index < -0.39 is 16.2 Å². The zero-order valence-electron chi connectivity index (χ0n) is 11.8. The van der Waals surface area contributed by atoms with E-state index in [1.165, 1.54) is 0 Å². The molecule has 0 saturated heterocycles. The quantitative estimate of drug-likeness (QED) is 0.889. The maximum Gasteiger partial charge on any atom is 0.240 e. The molecule has 0 heterocycles. The molecule has 1 atom stereocenters.